The number of aromatic nitrogens is 2. The fourth-order valence-electron chi connectivity index (χ4n) is 3.29. The van der Waals surface area contributed by atoms with E-state index in [1.807, 2.05) is 30.3 Å². The minimum absolute atomic E-state index is 0.137. The van der Waals surface area contributed by atoms with Crippen LogP contribution < -0.4 is 20.3 Å². The highest BCUT2D eigenvalue weighted by Crippen LogP contribution is 2.33. The van der Waals surface area contributed by atoms with Crippen molar-refractivity contribution in [1.82, 2.24) is 9.55 Å². The highest BCUT2D eigenvalue weighted by molar-refractivity contribution is 9.10. The number of rotatable bonds is 4. The number of anilines is 1. The van der Waals surface area contributed by atoms with Gasteiger partial charge in [-0.2, -0.15) is 0 Å². The van der Waals surface area contributed by atoms with Crippen LogP contribution in [-0.2, 0) is 11.3 Å². The first-order chi connectivity index (χ1) is 15.1. The first kappa shape index (κ1) is 19.8. The van der Waals surface area contributed by atoms with Crippen molar-refractivity contribution in [3.05, 3.63) is 69.7 Å². The van der Waals surface area contributed by atoms with Crippen LogP contribution in [-0.4, -0.2) is 28.7 Å². The molecule has 2 aromatic carbocycles. The minimum Gasteiger partial charge on any atom is -0.486 e. The molecule has 1 aliphatic rings. The summed E-state index contributed by atoms with van der Waals surface area (Å²) < 4.78 is 13.8. The summed E-state index contributed by atoms with van der Waals surface area (Å²) >= 11 is 4.80. The maximum atomic E-state index is 12.9. The Hall–Kier alpha value is -3.17. The number of nitrogens with one attached hydrogen (secondary N) is 1. The van der Waals surface area contributed by atoms with Crippen LogP contribution in [0.4, 0.5) is 5.69 Å². The molecule has 2 aromatic heterocycles. The lowest BCUT2D eigenvalue weighted by molar-refractivity contribution is -0.116. The molecule has 0 saturated carbocycles. The molecule has 0 fully saturated rings. The standard InChI is InChI=1S/C22H16BrN3O4S/c23-14-3-1-13(2-4-14)19-10-16-21(31-19)22(28)26(12-24-16)11-20(27)25-15-5-6-17-18(9-15)30-8-7-29-17/h1-6,9-10,12H,7-8,11H2,(H,25,27). The number of carbonyl (C=O) groups excluding carboxylic acids is 1. The highest BCUT2D eigenvalue weighted by atomic mass is 79.9. The first-order valence-electron chi connectivity index (χ1n) is 9.51. The number of halogens is 1. The van der Waals surface area contributed by atoms with Crippen molar-refractivity contribution in [2.24, 2.45) is 0 Å². The van der Waals surface area contributed by atoms with Gasteiger partial charge in [-0.3, -0.25) is 14.2 Å². The largest absolute Gasteiger partial charge is 0.486 e. The summed E-state index contributed by atoms with van der Waals surface area (Å²) in [5.41, 5.74) is 1.96. The molecule has 0 atom stereocenters. The number of fused-ring (bicyclic) bond motifs is 2. The van der Waals surface area contributed by atoms with E-state index in [-0.39, 0.29) is 18.0 Å². The number of amides is 1. The van der Waals surface area contributed by atoms with Crippen molar-refractivity contribution in [3.8, 4) is 21.9 Å². The maximum Gasteiger partial charge on any atom is 0.271 e. The fourth-order valence-corrected chi connectivity index (χ4v) is 4.62. The summed E-state index contributed by atoms with van der Waals surface area (Å²) in [7, 11) is 0. The van der Waals surface area contributed by atoms with Crippen LogP contribution in [0.25, 0.3) is 20.7 Å². The molecular formula is C22H16BrN3O4S. The molecule has 3 heterocycles. The molecule has 0 saturated heterocycles. The Labute approximate surface area is 189 Å². The average Bonchev–Trinajstić information content (AvgIpc) is 3.21. The molecule has 0 radical (unpaired) electrons. The molecule has 31 heavy (non-hydrogen) atoms. The number of thiophene rings is 1. The molecule has 0 aliphatic carbocycles. The Bertz CT molecular complexity index is 1350. The zero-order valence-corrected chi connectivity index (χ0v) is 18.5. The number of nitrogens with zero attached hydrogens (tertiary/aromatic N) is 2. The zero-order chi connectivity index (χ0) is 21.4. The Morgan fingerprint density at radius 1 is 1.10 bits per heavy atom. The van der Waals surface area contributed by atoms with E-state index >= 15 is 0 Å². The zero-order valence-electron chi connectivity index (χ0n) is 16.1. The van der Waals surface area contributed by atoms with E-state index in [0.29, 0.717) is 40.6 Å². The topological polar surface area (TPSA) is 82.5 Å². The first-order valence-corrected chi connectivity index (χ1v) is 11.1. The average molecular weight is 498 g/mol. The second-order valence-electron chi connectivity index (χ2n) is 6.92. The predicted molar refractivity (Wildman–Crippen MR) is 123 cm³/mol. The summed E-state index contributed by atoms with van der Waals surface area (Å²) in [6.45, 7) is 0.833. The summed E-state index contributed by atoms with van der Waals surface area (Å²) in [5, 5.41) is 2.79. The fraction of sp³-hybridized carbons (Fsp3) is 0.136. The molecule has 1 amide bonds. The van der Waals surface area contributed by atoms with Gasteiger partial charge in [0.25, 0.3) is 5.56 Å². The Kier molecular flexibility index (Phi) is 5.21. The minimum atomic E-state index is -0.329. The van der Waals surface area contributed by atoms with Gasteiger partial charge in [0, 0.05) is 21.1 Å². The molecule has 9 heteroatoms. The van der Waals surface area contributed by atoms with Gasteiger partial charge >= 0.3 is 0 Å². The van der Waals surface area contributed by atoms with E-state index in [4.69, 9.17) is 9.47 Å². The number of ether oxygens (including phenoxy) is 2. The third kappa shape index (κ3) is 4.06. The maximum absolute atomic E-state index is 12.9. The van der Waals surface area contributed by atoms with Crippen molar-refractivity contribution < 1.29 is 14.3 Å². The van der Waals surface area contributed by atoms with E-state index < -0.39 is 0 Å². The molecule has 0 bridgehead atoms. The van der Waals surface area contributed by atoms with Gasteiger partial charge in [0.15, 0.2) is 11.5 Å². The second-order valence-corrected chi connectivity index (χ2v) is 8.88. The lowest BCUT2D eigenvalue weighted by Crippen LogP contribution is -2.27. The quantitative estimate of drug-likeness (QED) is 0.454. The number of hydrogen-bond donors (Lipinski definition) is 1. The molecule has 0 spiro atoms. The molecule has 0 unspecified atom stereocenters. The molecule has 1 N–H and O–H groups in total. The van der Waals surface area contributed by atoms with Crippen LogP contribution in [0.5, 0.6) is 11.5 Å². The van der Waals surface area contributed by atoms with E-state index in [1.54, 1.807) is 18.2 Å². The van der Waals surface area contributed by atoms with Gasteiger partial charge in [-0.15, -0.1) is 11.3 Å². The Morgan fingerprint density at radius 3 is 2.68 bits per heavy atom. The van der Waals surface area contributed by atoms with Gasteiger partial charge in [0.05, 0.1) is 11.8 Å². The van der Waals surface area contributed by atoms with Crippen molar-refractivity contribution in [2.75, 3.05) is 18.5 Å². The molecular weight excluding hydrogens is 482 g/mol. The lowest BCUT2D eigenvalue weighted by Gasteiger charge is -2.19. The van der Waals surface area contributed by atoms with E-state index in [1.165, 1.54) is 22.2 Å². The molecule has 7 nitrogen and oxygen atoms in total. The van der Waals surface area contributed by atoms with E-state index in [0.717, 1.165) is 14.9 Å². The van der Waals surface area contributed by atoms with E-state index in [2.05, 4.69) is 26.2 Å². The third-order valence-corrected chi connectivity index (χ3v) is 6.46. The van der Waals surface area contributed by atoms with Gasteiger partial charge in [0.2, 0.25) is 5.91 Å². The van der Waals surface area contributed by atoms with Gasteiger partial charge in [-0.25, -0.2) is 4.98 Å². The van der Waals surface area contributed by atoms with Crippen LogP contribution >= 0.6 is 27.3 Å². The molecule has 1 aliphatic heterocycles. The van der Waals surface area contributed by atoms with Crippen molar-refractivity contribution in [3.63, 3.8) is 0 Å². The molecule has 4 aromatic rings. The second kappa shape index (κ2) is 8.16. The SMILES string of the molecule is O=C(Cn1cnc2cc(-c3ccc(Br)cc3)sc2c1=O)Nc1ccc2c(c1)OCCO2. The van der Waals surface area contributed by atoms with Crippen molar-refractivity contribution >= 4 is 49.1 Å². The monoisotopic (exact) mass is 497 g/mol. The van der Waals surface area contributed by atoms with Crippen LogP contribution in [0.15, 0.2) is 64.1 Å². The number of carbonyl (C=O) groups is 1. The van der Waals surface area contributed by atoms with Crippen molar-refractivity contribution in [1.29, 1.82) is 0 Å². The summed E-state index contributed by atoms with van der Waals surface area (Å²) in [4.78, 5) is 30.8. The van der Waals surface area contributed by atoms with Crippen LogP contribution in [0.3, 0.4) is 0 Å². The van der Waals surface area contributed by atoms with E-state index in [9.17, 15) is 9.59 Å². The van der Waals surface area contributed by atoms with Crippen LogP contribution in [0.1, 0.15) is 0 Å². The number of benzene rings is 2. The lowest BCUT2D eigenvalue weighted by atomic mass is 10.2. The summed E-state index contributed by atoms with van der Waals surface area (Å²) in [5.74, 6) is 0.905. The summed E-state index contributed by atoms with van der Waals surface area (Å²) in [6, 6.07) is 15.0. The Morgan fingerprint density at radius 2 is 1.87 bits per heavy atom. The smallest absolute Gasteiger partial charge is 0.271 e. The Balaban J connectivity index is 1.36. The van der Waals surface area contributed by atoms with Crippen molar-refractivity contribution in [2.45, 2.75) is 6.54 Å². The summed E-state index contributed by atoms with van der Waals surface area (Å²) in [6.07, 6.45) is 1.41. The molecule has 5 rings (SSSR count). The van der Waals surface area contributed by atoms with Crippen LogP contribution in [0, 0.1) is 0 Å². The third-order valence-electron chi connectivity index (χ3n) is 4.77. The molecule has 156 valence electrons. The van der Waals surface area contributed by atoms with Gasteiger partial charge in [-0.1, -0.05) is 28.1 Å². The van der Waals surface area contributed by atoms with Crippen LogP contribution in [0.2, 0.25) is 0 Å². The van der Waals surface area contributed by atoms with Gasteiger partial charge < -0.3 is 14.8 Å². The normalized spacial score (nSPS) is 12.7. The predicted octanol–water partition coefficient (Wildman–Crippen LogP) is 4.30. The highest BCUT2D eigenvalue weighted by Gasteiger charge is 2.15. The number of hydrogen-bond acceptors (Lipinski definition) is 6. The van der Waals surface area contributed by atoms with Gasteiger partial charge in [-0.05, 0) is 35.9 Å². The van der Waals surface area contributed by atoms with Gasteiger partial charge in [0.1, 0.15) is 24.5 Å².